The fourth-order valence-corrected chi connectivity index (χ4v) is 5.12. The Labute approximate surface area is 166 Å². The largest absolute Gasteiger partial charge is 0.378 e. The Morgan fingerprint density at radius 2 is 1.48 bits per heavy atom. The topological polar surface area (TPSA) is 77.9 Å². The van der Waals surface area contributed by atoms with E-state index in [1.54, 1.807) is 30.3 Å². The van der Waals surface area contributed by atoms with Crippen molar-refractivity contribution in [3.63, 3.8) is 0 Å². The Kier molecular flexibility index (Phi) is 4.97. The first-order valence-electron chi connectivity index (χ1n) is 8.93. The monoisotopic (exact) mass is 420 g/mol. The molecule has 2 heterocycles. The number of halogens is 2. The maximum absolute atomic E-state index is 13.4. The molecule has 0 saturated heterocycles. The van der Waals surface area contributed by atoms with Crippen molar-refractivity contribution in [1.82, 2.24) is 9.21 Å². The molecule has 6 nitrogen and oxygen atoms in total. The van der Waals surface area contributed by atoms with Gasteiger partial charge < -0.3 is 10.0 Å². The van der Waals surface area contributed by atoms with E-state index >= 15 is 0 Å². The van der Waals surface area contributed by atoms with Crippen LogP contribution in [0.2, 0.25) is 0 Å². The van der Waals surface area contributed by atoms with Gasteiger partial charge in [-0.05, 0) is 28.8 Å². The van der Waals surface area contributed by atoms with E-state index in [0.717, 1.165) is 27.6 Å². The lowest BCUT2D eigenvalue weighted by molar-refractivity contribution is -0.139. The SMILES string of the molecule is O=C([C@H](O)c1ccccc1)N1CC2=C(C1)CN(S(=O)(=O)c1cc(F)cc(F)c1)C2. The minimum Gasteiger partial charge on any atom is -0.378 e. The first kappa shape index (κ1) is 19.7. The van der Waals surface area contributed by atoms with E-state index in [1.807, 2.05) is 0 Å². The number of hydrogen-bond acceptors (Lipinski definition) is 4. The van der Waals surface area contributed by atoms with E-state index in [-0.39, 0.29) is 26.2 Å². The van der Waals surface area contributed by atoms with Crippen LogP contribution in [0.3, 0.4) is 0 Å². The molecule has 0 saturated carbocycles. The van der Waals surface area contributed by atoms with Crippen LogP contribution in [-0.4, -0.2) is 54.8 Å². The Morgan fingerprint density at radius 1 is 0.931 bits per heavy atom. The molecule has 2 aromatic carbocycles. The van der Waals surface area contributed by atoms with Gasteiger partial charge in [0.1, 0.15) is 11.6 Å². The van der Waals surface area contributed by atoms with Crippen molar-refractivity contribution < 1.29 is 27.1 Å². The first-order chi connectivity index (χ1) is 13.8. The predicted molar refractivity (Wildman–Crippen MR) is 100 cm³/mol. The number of carbonyl (C=O) groups is 1. The van der Waals surface area contributed by atoms with Gasteiger partial charge in [-0.25, -0.2) is 17.2 Å². The third-order valence-corrected chi connectivity index (χ3v) is 6.90. The standard InChI is InChI=1S/C20H18F2N2O4S/c21-16-6-17(22)8-18(7-16)29(27,28)24-11-14-9-23(10-15(14)12-24)20(26)19(25)13-4-2-1-3-5-13/h1-8,19,25H,9-12H2/t19-/m1/s1. The molecular weight excluding hydrogens is 402 g/mol. The average molecular weight is 420 g/mol. The zero-order valence-corrected chi connectivity index (χ0v) is 16.1. The molecular formula is C20H18F2N2O4S. The van der Waals surface area contributed by atoms with Gasteiger partial charge >= 0.3 is 0 Å². The molecule has 1 amide bonds. The minimum absolute atomic E-state index is 0.0427. The van der Waals surface area contributed by atoms with Gasteiger partial charge in [0.15, 0.2) is 6.10 Å². The third kappa shape index (κ3) is 3.68. The molecule has 2 aliphatic heterocycles. The summed E-state index contributed by atoms with van der Waals surface area (Å²) in [5.41, 5.74) is 2.01. The quantitative estimate of drug-likeness (QED) is 0.766. The zero-order valence-electron chi connectivity index (χ0n) is 15.3. The van der Waals surface area contributed by atoms with Crippen molar-refractivity contribution in [3.05, 3.63) is 76.9 Å². The number of nitrogens with zero attached hydrogens (tertiary/aromatic N) is 2. The number of amides is 1. The maximum Gasteiger partial charge on any atom is 0.256 e. The van der Waals surface area contributed by atoms with Crippen molar-refractivity contribution in [2.75, 3.05) is 26.2 Å². The number of rotatable bonds is 4. The molecule has 0 radical (unpaired) electrons. The smallest absolute Gasteiger partial charge is 0.256 e. The summed E-state index contributed by atoms with van der Waals surface area (Å²) in [4.78, 5) is 13.6. The van der Waals surface area contributed by atoms with Crippen LogP contribution in [0, 0.1) is 11.6 Å². The van der Waals surface area contributed by atoms with Crippen LogP contribution in [0.4, 0.5) is 8.78 Å². The van der Waals surface area contributed by atoms with Gasteiger partial charge in [0.25, 0.3) is 5.91 Å². The van der Waals surface area contributed by atoms with Crippen molar-refractivity contribution in [2.45, 2.75) is 11.0 Å². The second-order valence-corrected chi connectivity index (χ2v) is 9.03. The maximum atomic E-state index is 13.4. The highest BCUT2D eigenvalue weighted by atomic mass is 32.2. The molecule has 9 heteroatoms. The lowest BCUT2D eigenvalue weighted by Crippen LogP contribution is -2.38. The van der Waals surface area contributed by atoms with Crippen LogP contribution in [-0.2, 0) is 14.8 Å². The van der Waals surface area contributed by atoms with Crippen LogP contribution in [0.25, 0.3) is 0 Å². The van der Waals surface area contributed by atoms with Crippen LogP contribution in [0.5, 0.6) is 0 Å². The lowest BCUT2D eigenvalue weighted by atomic mass is 10.1. The average Bonchev–Trinajstić information content (AvgIpc) is 3.26. The summed E-state index contributed by atoms with van der Waals surface area (Å²) >= 11 is 0. The Hall–Kier alpha value is -2.62. The molecule has 0 bridgehead atoms. The normalized spacial score (nSPS) is 18.2. The molecule has 29 heavy (non-hydrogen) atoms. The number of aliphatic hydroxyl groups is 1. The van der Waals surface area contributed by atoms with Gasteiger partial charge in [-0.3, -0.25) is 4.79 Å². The van der Waals surface area contributed by atoms with Crippen LogP contribution >= 0.6 is 0 Å². The molecule has 2 aliphatic rings. The predicted octanol–water partition coefficient (Wildman–Crippen LogP) is 1.84. The number of aliphatic hydroxyl groups excluding tert-OH is 1. The van der Waals surface area contributed by atoms with E-state index in [4.69, 9.17) is 0 Å². The molecule has 0 aromatic heterocycles. The first-order valence-corrected chi connectivity index (χ1v) is 10.4. The van der Waals surface area contributed by atoms with Crippen molar-refractivity contribution in [2.24, 2.45) is 0 Å². The van der Waals surface area contributed by atoms with Crippen molar-refractivity contribution in [3.8, 4) is 0 Å². The molecule has 4 rings (SSSR count). The molecule has 0 spiro atoms. The van der Waals surface area contributed by atoms with Crippen LogP contribution < -0.4 is 0 Å². The Balaban J connectivity index is 1.44. The van der Waals surface area contributed by atoms with E-state index < -0.39 is 38.6 Å². The Bertz CT molecular complexity index is 1060. The number of benzene rings is 2. The van der Waals surface area contributed by atoms with Gasteiger partial charge in [0.2, 0.25) is 10.0 Å². The molecule has 152 valence electrons. The van der Waals surface area contributed by atoms with E-state index in [9.17, 15) is 27.1 Å². The fourth-order valence-electron chi connectivity index (χ4n) is 3.65. The second kappa shape index (κ2) is 7.33. The molecule has 1 N–H and O–H groups in total. The summed E-state index contributed by atoms with van der Waals surface area (Å²) in [5, 5.41) is 10.3. The molecule has 0 unspecified atom stereocenters. The van der Waals surface area contributed by atoms with Gasteiger partial charge in [-0.15, -0.1) is 0 Å². The van der Waals surface area contributed by atoms with E-state index in [2.05, 4.69) is 0 Å². The van der Waals surface area contributed by atoms with Crippen LogP contribution in [0.15, 0.2) is 64.6 Å². The summed E-state index contributed by atoms with van der Waals surface area (Å²) in [6.07, 6.45) is -1.29. The van der Waals surface area contributed by atoms with Gasteiger partial charge in [0, 0.05) is 32.2 Å². The molecule has 0 aliphatic carbocycles. The van der Waals surface area contributed by atoms with Gasteiger partial charge in [0.05, 0.1) is 4.90 Å². The van der Waals surface area contributed by atoms with E-state index in [1.165, 1.54) is 4.90 Å². The molecule has 1 atom stereocenters. The summed E-state index contributed by atoms with van der Waals surface area (Å²) < 4.78 is 53.4. The van der Waals surface area contributed by atoms with Gasteiger partial charge in [-0.2, -0.15) is 4.31 Å². The highest BCUT2D eigenvalue weighted by molar-refractivity contribution is 7.89. The lowest BCUT2D eigenvalue weighted by Gasteiger charge is -2.24. The summed E-state index contributed by atoms with van der Waals surface area (Å²) in [6, 6.07) is 10.7. The zero-order chi connectivity index (χ0) is 20.8. The van der Waals surface area contributed by atoms with Crippen LogP contribution in [0.1, 0.15) is 11.7 Å². The van der Waals surface area contributed by atoms with E-state index in [0.29, 0.717) is 11.6 Å². The number of hydrogen-bond donors (Lipinski definition) is 1. The minimum atomic E-state index is -4.06. The highest BCUT2D eigenvalue weighted by Crippen LogP contribution is 2.31. The fraction of sp³-hybridized carbons (Fsp3) is 0.250. The summed E-state index contributed by atoms with van der Waals surface area (Å²) in [6.45, 7) is 0.505. The number of sulfonamides is 1. The third-order valence-electron chi connectivity index (χ3n) is 5.13. The molecule has 0 fully saturated rings. The summed E-state index contributed by atoms with van der Waals surface area (Å²) in [7, 11) is -4.06. The second-order valence-electron chi connectivity index (χ2n) is 7.09. The van der Waals surface area contributed by atoms with Crippen molar-refractivity contribution >= 4 is 15.9 Å². The van der Waals surface area contributed by atoms with Crippen molar-refractivity contribution in [1.29, 1.82) is 0 Å². The molecule has 2 aromatic rings. The highest BCUT2D eigenvalue weighted by Gasteiger charge is 2.39. The Morgan fingerprint density at radius 3 is 2.03 bits per heavy atom. The summed E-state index contributed by atoms with van der Waals surface area (Å²) in [5.74, 6) is -2.38. The van der Waals surface area contributed by atoms with Gasteiger partial charge in [-0.1, -0.05) is 30.3 Å². The number of carbonyl (C=O) groups excluding carboxylic acids is 1.